The normalized spacial score (nSPS) is 14.2. The van der Waals surface area contributed by atoms with E-state index in [-0.39, 0.29) is 23.1 Å². The van der Waals surface area contributed by atoms with Crippen molar-refractivity contribution in [2.24, 2.45) is 0 Å². The first-order valence-electron chi connectivity index (χ1n) is 10.9. The molecule has 1 aliphatic heterocycles. The molecule has 0 spiro atoms. The molecule has 2 heterocycles. The molecule has 4 rings (SSSR count). The van der Waals surface area contributed by atoms with Gasteiger partial charge in [0.2, 0.25) is 5.91 Å². The highest BCUT2D eigenvalue weighted by molar-refractivity contribution is 7.92. The van der Waals surface area contributed by atoms with Crippen LogP contribution >= 0.6 is 11.3 Å². The first kappa shape index (κ1) is 23.9. The summed E-state index contributed by atoms with van der Waals surface area (Å²) in [5.74, 6) is -0.187. The van der Waals surface area contributed by atoms with Crippen LogP contribution in [0.1, 0.15) is 26.6 Å². The zero-order valence-corrected chi connectivity index (χ0v) is 20.7. The van der Waals surface area contributed by atoms with Crippen LogP contribution in [0.3, 0.4) is 0 Å². The van der Waals surface area contributed by atoms with Gasteiger partial charge in [-0.15, -0.1) is 11.3 Å². The third-order valence-corrected chi connectivity index (χ3v) is 7.95. The van der Waals surface area contributed by atoms with Gasteiger partial charge in [0.25, 0.3) is 15.9 Å². The SMILES string of the molecule is Cc1ccc(S(=O)(=O)Nc2cccc(C(=O)N3CCN(C(=O)Cc4nc(C)cs4)CC3)c2)cc1. The standard InChI is InChI=1S/C24H26N4O4S2/c1-17-6-8-21(9-7-17)34(31,32)26-20-5-3-4-19(14-20)24(30)28-12-10-27(11-13-28)23(29)15-22-25-18(2)16-33-22/h3-9,14,16,26H,10-13,15H2,1-2H3. The van der Waals surface area contributed by atoms with Crippen molar-refractivity contribution in [3.63, 3.8) is 0 Å². The molecule has 1 N–H and O–H groups in total. The third-order valence-electron chi connectivity index (χ3n) is 5.58. The number of nitrogens with zero attached hydrogens (tertiary/aromatic N) is 3. The number of carbonyl (C=O) groups is 2. The van der Waals surface area contributed by atoms with Crippen molar-refractivity contribution in [1.29, 1.82) is 0 Å². The van der Waals surface area contributed by atoms with Gasteiger partial charge in [-0.2, -0.15) is 0 Å². The van der Waals surface area contributed by atoms with Gasteiger partial charge < -0.3 is 9.80 Å². The molecule has 1 aliphatic rings. The predicted octanol–water partition coefficient (Wildman–Crippen LogP) is 3.09. The minimum absolute atomic E-state index is 0.00830. The van der Waals surface area contributed by atoms with Crippen molar-refractivity contribution >= 4 is 38.9 Å². The van der Waals surface area contributed by atoms with E-state index in [0.717, 1.165) is 16.3 Å². The van der Waals surface area contributed by atoms with Crippen molar-refractivity contribution in [2.45, 2.75) is 25.2 Å². The van der Waals surface area contributed by atoms with Crippen molar-refractivity contribution in [2.75, 3.05) is 30.9 Å². The Kier molecular flexibility index (Phi) is 6.99. The minimum atomic E-state index is -3.76. The number of hydrogen-bond acceptors (Lipinski definition) is 6. The summed E-state index contributed by atoms with van der Waals surface area (Å²) in [5, 5.41) is 2.72. The van der Waals surface area contributed by atoms with E-state index in [1.54, 1.807) is 52.3 Å². The van der Waals surface area contributed by atoms with Gasteiger partial charge in [0.1, 0.15) is 5.01 Å². The Morgan fingerprint density at radius 2 is 1.68 bits per heavy atom. The maximum atomic E-state index is 13.0. The smallest absolute Gasteiger partial charge is 0.261 e. The molecule has 1 fully saturated rings. The largest absolute Gasteiger partial charge is 0.339 e. The van der Waals surface area contributed by atoms with Gasteiger partial charge in [-0.3, -0.25) is 14.3 Å². The molecule has 2 aromatic carbocycles. The van der Waals surface area contributed by atoms with Crippen LogP contribution in [0.5, 0.6) is 0 Å². The van der Waals surface area contributed by atoms with E-state index < -0.39 is 10.0 Å². The summed E-state index contributed by atoms with van der Waals surface area (Å²) >= 11 is 1.48. The van der Waals surface area contributed by atoms with Gasteiger partial charge >= 0.3 is 0 Å². The average Bonchev–Trinajstić information content (AvgIpc) is 3.23. The maximum absolute atomic E-state index is 13.0. The molecule has 0 saturated carbocycles. The van der Waals surface area contributed by atoms with Crippen molar-refractivity contribution in [3.8, 4) is 0 Å². The summed E-state index contributed by atoms with van der Waals surface area (Å²) in [6, 6.07) is 13.0. The van der Waals surface area contributed by atoms with Crippen LogP contribution in [0.25, 0.3) is 0 Å². The molecule has 178 valence electrons. The van der Waals surface area contributed by atoms with Crippen LogP contribution < -0.4 is 4.72 Å². The number of aryl methyl sites for hydroxylation is 2. The van der Waals surface area contributed by atoms with E-state index in [1.807, 2.05) is 19.2 Å². The van der Waals surface area contributed by atoms with Crippen LogP contribution in [0.4, 0.5) is 5.69 Å². The zero-order valence-electron chi connectivity index (χ0n) is 19.0. The molecule has 0 radical (unpaired) electrons. The molecule has 3 aromatic rings. The fourth-order valence-corrected chi connectivity index (χ4v) is 5.53. The van der Waals surface area contributed by atoms with Crippen LogP contribution in [-0.4, -0.2) is 61.2 Å². The highest BCUT2D eigenvalue weighted by Crippen LogP contribution is 2.19. The predicted molar refractivity (Wildman–Crippen MR) is 131 cm³/mol. The molecule has 0 aliphatic carbocycles. The number of carbonyl (C=O) groups excluding carboxylic acids is 2. The molecule has 8 nitrogen and oxygen atoms in total. The summed E-state index contributed by atoms with van der Waals surface area (Å²) in [5.41, 5.74) is 2.58. The molecule has 34 heavy (non-hydrogen) atoms. The minimum Gasteiger partial charge on any atom is -0.339 e. The highest BCUT2D eigenvalue weighted by atomic mass is 32.2. The van der Waals surface area contributed by atoms with Crippen LogP contribution in [0.2, 0.25) is 0 Å². The quantitative estimate of drug-likeness (QED) is 0.563. The Bertz CT molecular complexity index is 1290. The van der Waals surface area contributed by atoms with E-state index in [0.29, 0.717) is 37.4 Å². The molecular weight excluding hydrogens is 472 g/mol. The van der Waals surface area contributed by atoms with E-state index >= 15 is 0 Å². The van der Waals surface area contributed by atoms with E-state index in [1.165, 1.54) is 17.4 Å². The van der Waals surface area contributed by atoms with Crippen molar-refractivity contribution < 1.29 is 18.0 Å². The molecular formula is C24H26N4O4S2. The lowest BCUT2D eigenvalue weighted by atomic mass is 10.1. The average molecular weight is 499 g/mol. The zero-order chi connectivity index (χ0) is 24.3. The summed E-state index contributed by atoms with van der Waals surface area (Å²) in [7, 11) is -3.76. The van der Waals surface area contributed by atoms with E-state index in [9.17, 15) is 18.0 Å². The summed E-state index contributed by atoms with van der Waals surface area (Å²) in [6.07, 6.45) is 0.273. The summed E-state index contributed by atoms with van der Waals surface area (Å²) < 4.78 is 27.9. The van der Waals surface area contributed by atoms with Gasteiger partial charge in [0.05, 0.1) is 11.3 Å². The van der Waals surface area contributed by atoms with Gasteiger partial charge in [-0.1, -0.05) is 23.8 Å². The molecule has 0 bridgehead atoms. The summed E-state index contributed by atoms with van der Waals surface area (Å²) in [4.78, 5) is 33.5. The van der Waals surface area contributed by atoms with Crippen LogP contribution in [0.15, 0.2) is 58.8 Å². The Morgan fingerprint density at radius 3 is 2.32 bits per heavy atom. The number of anilines is 1. The van der Waals surface area contributed by atoms with Gasteiger partial charge in [0.15, 0.2) is 0 Å². The van der Waals surface area contributed by atoms with Gasteiger partial charge in [0, 0.05) is 48.5 Å². The second-order valence-corrected chi connectivity index (χ2v) is 10.9. The maximum Gasteiger partial charge on any atom is 0.261 e. The van der Waals surface area contributed by atoms with Gasteiger partial charge in [-0.05, 0) is 44.2 Å². The number of amides is 2. The Hall–Kier alpha value is -3.24. The Labute approximate surface area is 203 Å². The fraction of sp³-hybridized carbons (Fsp3) is 0.292. The highest BCUT2D eigenvalue weighted by Gasteiger charge is 2.25. The molecule has 10 heteroatoms. The number of benzene rings is 2. The number of hydrogen-bond donors (Lipinski definition) is 1. The lowest BCUT2D eigenvalue weighted by Gasteiger charge is -2.34. The second kappa shape index (κ2) is 9.94. The van der Waals surface area contributed by atoms with Gasteiger partial charge in [-0.25, -0.2) is 13.4 Å². The lowest BCUT2D eigenvalue weighted by Crippen LogP contribution is -2.51. The van der Waals surface area contributed by atoms with Crippen molar-refractivity contribution in [3.05, 3.63) is 75.7 Å². The molecule has 2 amide bonds. The second-order valence-electron chi connectivity index (χ2n) is 8.23. The molecule has 1 saturated heterocycles. The first-order valence-corrected chi connectivity index (χ1v) is 13.3. The molecule has 0 unspecified atom stereocenters. The topological polar surface area (TPSA) is 99.7 Å². The number of aromatic nitrogens is 1. The van der Waals surface area contributed by atoms with Crippen LogP contribution in [0, 0.1) is 13.8 Å². The third kappa shape index (κ3) is 5.63. The lowest BCUT2D eigenvalue weighted by molar-refractivity contribution is -0.131. The van der Waals surface area contributed by atoms with Crippen molar-refractivity contribution in [1.82, 2.24) is 14.8 Å². The Morgan fingerprint density at radius 1 is 1.00 bits per heavy atom. The van der Waals surface area contributed by atoms with E-state index in [2.05, 4.69) is 9.71 Å². The number of rotatable bonds is 6. The van der Waals surface area contributed by atoms with Crippen LogP contribution in [-0.2, 0) is 21.2 Å². The monoisotopic (exact) mass is 498 g/mol. The molecule has 0 atom stereocenters. The number of sulfonamides is 1. The van der Waals surface area contributed by atoms with E-state index in [4.69, 9.17) is 0 Å². The number of nitrogens with one attached hydrogen (secondary N) is 1. The summed E-state index contributed by atoms with van der Waals surface area (Å²) in [6.45, 7) is 5.53. The number of thiazole rings is 1. The first-order chi connectivity index (χ1) is 16.2. The fourth-order valence-electron chi connectivity index (χ4n) is 3.71. The molecule has 1 aromatic heterocycles. The number of piperazine rings is 1. The Balaban J connectivity index is 1.37.